The second-order valence-corrected chi connectivity index (χ2v) is 5.07. The van der Waals surface area contributed by atoms with E-state index in [0.29, 0.717) is 12.1 Å². The lowest BCUT2D eigenvalue weighted by Crippen LogP contribution is -2.49. The van der Waals surface area contributed by atoms with Crippen molar-refractivity contribution in [2.24, 2.45) is 0 Å². The van der Waals surface area contributed by atoms with E-state index < -0.39 is 0 Å². The van der Waals surface area contributed by atoms with Crippen LogP contribution >= 0.6 is 0 Å². The van der Waals surface area contributed by atoms with E-state index in [0.717, 1.165) is 13.1 Å². The van der Waals surface area contributed by atoms with Crippen molar-refractivity contribution < 1.29 is 5.11 Å². The molecule has 1 fully saturated rings. The van der Waals surface area contributed by atoms with Gasteiger partial charge in [0.2, 0.25) is 0 Å². The highest BCUT2D eigenvalue weighted by Crippen LogP contribution is 2.14. The lowest BCUT2D eigenvalue weighted by molar-refractivity contribution is 0.0466. The van der Waals surface area contributed by atoms with Crippen LogP contribution in [-0.4, -0.2) is 47.3 Å². The highest BCUT2D eigenvalue weighted by atomic mass is 16.3. The largest absolute Gasteiger partial charge is 0.392 e. The highest BCUT2D eigenvalue weighted by molar-refractivity contribution is 4.83. The van der Waals surface area contributed by atoms with Crippen molar-refractivity contribution >= 4 is 0 Å². The third kappa shape index (κ3) is 3.74. The molecule has 1 aliphatic heterocycles. The zero-order chi connectivity index (χ0) is 11.4. The van der Waals surface area contributed by atoms with Gasteiger partial charge in [0.15, 0.2) is 0 Å². The van der Waals surface area contributed by atoms with E-state index in [4.69, 9.17) is 0 Å². The summed E-state index contributed by atoms with van der Waals surface area (Å²) in [4.78, 5) is 2.40. The number of aliphatic hydroxyl groups excluding tert-OH is 1. The normalized spacial score (nSPS) is 26.2. The number of hydrogen-bond acceptors (Lipinski definition) is 3. The van der Waals surface area contributed by atoms with Crippen molar-refractivity contribution in [3.63, 3.8) is 0 Å². The summed E-state index contributed by atoms with van der Waals surface area (Å²) in [7, 11) is 0. The molecule has 0 aromatic carbocycles. The van der Waals surface area contributed by atoms with E-state index in [1.165, 1.54) is 12.8 Å². The molecule has 2 N–H and O–H groups in total. The van der Waals surface area contributed by atoms with Gasteiger partial charge in [0, 0.05) is 24.7 Å². The summed E-state index contributed by atoms with van der Waals surface area (Å²) < 4.78 is 0. The Labute approximate surface area is 93.9 Å². The molecule has 0 spiro atoms. The average Bonchev–Trinajstić information content (AvgIpc) is 2.64. The smallest absolute Gasteiger partial charge is 0.0664 e. The summed E-state index contributed by atoms with van der Waals surface area (Å²) in [6.07, 6.45) is 2.31. The number of nitrogens with one attached hydrogen (secondary N) is 1. The lowest BCUT2D eigenvalue weighted by Gasteiger charge is -2.36. The van der Waals surface area contributed by atoms with Crippen LogP contribution in [0, 0.1) is 0 Å². The molecule has 0 amide bonds. The van der Waals surface area contributed by atoms with Gasteiger partial charge in [-0.1, -0.05) is 0 Å². The molecule has 0 aliphatic carbocycles. The number of aliphatic hydroxyl groups is 1. The van der Waals surface area contributed by atoms with Crippen LogP contribution in [0.1, 0.15) is 40.5 Å². The average molecular weight is 214 g/mol. The van der Waals surface area contributed by atoms with Gasteiger partial charge in [-0.15, -0.1) is 0 Å². The first-order valence-electron chi connectivity index (χ1n) is 6.19. The maximum atomic E-state index is 9.65. The monoisotopic (exact) mass is 214 g/mol. The first-order chi connectivity index (χ1) is 7.02. The predicted octanol–water partition coefficient (Wildman–Crippen LogP) is 1.22. The molecule has 3 atom stereocenters. The van der Waals surface area contributed by atoms with Crippen molar-refractivity contribution in [1.29, 1.82) is 0 Å². The Morgan fingerprint density at radius 2 is 2.00 bits per heavy atom. The SMILES string of the molecule is CC(O)C(C)N(CC1CCCN1)C(C)C. The van der Waals surface area contributed by atoms with Crippen LogP contribution in [0.2, 0.25) is 0 Å². The molecular formula is C12H26N2O. The zero-order valence-electron chi connectivity index (χ0n) is 10.5. The van der Waals surface area contributed by atoms with Crippen LogP contribution in [0.3, 0.4) is 0 Å². The first kappa shape index (κ1) is 12.9. The molecule has 1 saturated heterocycles. The molecule has 15 heavy (non-hydrogen) atoms. The second-order valence-electron chi connectivity index (χ2n) is 5.07. The Hall–Kier alpha value is -0.120. The fraction of sp³-hybridized carbons (Fsp3) is 1.00. The van der Waals surface area contributed by atoms with Gasteiger partial charge in [-0.05, 0) is 47.1 Å². The Bertz CT molecular complexity index is 176. The molecule has 0 saturated carbocycles. The summed E-state index contributed by atoms with van der Waals surface area (Å²) in [6.45, 7) is 10.6. The summed E-state index contributed by atoms with van der Waals surface area (Å²) in [5.74, 6) is 0. The summed E-state index contributed by atoms with van der Waals surface area (Å²) in [5, 5.41) is 13.2. The highest BCUT2D eigenvalue weighted by Gasteiger charge is 2.25. The van der Waals surface area contributed by atoms with Crippen molar-refractivity contribution in [1.82, 2.24) is 10.2 Å². The van der Waals surface area contributed by atoms with Gasteiger partial charge in [-0.25, -0.2) is 0 Å². The van der Waals surface area contributed by atoms with Gasteiger partial charge in [-0.3, -0.25) is 4.90 Å². The van der Waals surface area contributed by atoms with Crippen LogP contribution in [0.5, 0.6) is 0 Å². The van der Waals surface area contributed by atoms with Gasteiger partial charge in [-0.2, -0.15) is 0 Å². The lowest BCUT2D eigenvalue weighted by atomic mass is 10.1. The van der Waals surface area contributed by atoms with Crippen molar-refractivity contribution in [3.8, 4) is 0 Å². The molecular weight excluding hydrogens is 188 g/mol. The Kier molecular flexibility index (Phi) is 5.03. The minimum Gasteiger partial charge on any atom is -0.392 e. The summed E-state index contributed by atoms with van der Waals surface area (Å²) in [6, 6.07) is 1.36. The molecule has 90 valence electrons. The minimum atomic E-state index is -0.256. The first-order valence-corrected chi connectivity index (χ1v) is 6.19. The Morgan fingerprint density at radius 3 is 2.40 bits per heavy atom. The number of rotatable bonds is 5. The minimum absolute atomic E-state index is 0.243. The van der Waals surface area contributed by atoms with Crippen LogP contribution < -0.4 is 5.32 Å². The summed E-state index contributed by atoms with van der Waals surface area (Å²) in [5.41, 5.74) is 0. The van der Waals surface area contributed by atoms with Gasteiger partial charge in [0.05, 0.1) is 6.10 Å². The molecule has 1 rings (SSSR count). The van der Waals surface area contributed by atoms with Crippen LogP contribution in [0.15, 0.2) is 0 Å². The van der Waals surface area contributed by atoms with E-state index in [2.05, 4.69) is 31.0 Å². The zero-order valence-corrected chi connectivity index (χ0v) is 10.5. The third-order valence-corrected chi connectivity index (χ3v) is 3.48. The molecule has 0 radical (unpaired) electrons. The van der Waals surface area contributed by atoms with E-state index >= 15 is 0 Å². The van der Waals surface area contributed by atoms with Crippen LogP contribution in [-0.2, 0) is 0 Å². The van der Waals surface area contributed by atoms with Gasteiger partial charge < -0.3 is 10.4 Å². The molecule has 1 heterocycles. The predicted molar refractivity (Wildman–Crippen MR) is 64.0 cm³/mol. The second kappa shape index (κ2) is 5.83. The molecule has 3 nitrogen and oxygen atoms in total. The number of nitrogens with zero attached hydrogens (tertiary/aromatic N) is 1. The van der Waals surface area contributed by atoms with E-state index in [1.807, 2.05) is 6.92 Å². The Morgan fingerprint density at radius 1 is 1.33 bits per heavy atom. The van der Waals surface area contributed by atoms with E-state index in [-0.39, 0.29) is 12.1 Å². The van der Waals surface area contributed by atoms with E-state index in [1.54, 1.807) is 0 Å². The van der Waals surface area contributed by atoms with Gasteiger partial charge in [0.25, 0.3) is 0 Å². The molecule has 1 aliphatic rings. The van der Waals surface area contributed by atoms with Crippen molar-refractivity contribution in [3.05, 3.63) is 0 Å². The molecule has 0 aromatic heterocycles. The fourth-order valence-electron chi connectivity index (χ4n) is 2.29. The van der Waals surface area contributed by atoms with Crippen molar-refractivity contribution in [2.75, 3.05) is 13.1 Å². The Balaban J connectivity index is 2.49. The molecule has 3 heteroatoms. The van der Waals surface area contributed by atoms with Crippen molar-refractivity contribution in [2.45, 2.75) is 64.8 Å². The maximum Gasteiger partial charge on any atom is 0.0664 e. The summed E-state index contributed by atoms with van der Waals surface area (Å²) >= 11 is 0. The maximum absolute atomic E-state index is 9.65. The van der Waals surface area contributed by atoms with Crippen LogP contribution in [0.25, 0.3) is 0 Å². The van der Waals surface area contributed by atoms with Crippen LogP contribution in [0.4, 0.5) is 0 Å². The molecule has 0 bridgehead atoms. The van der Waals surface area contributed by atoms with E-state index in [9.17, 15) is 5.11 Å². The number of hydrogen-bond donors (Lipinski definition) is 2. The standard InChI is InChI=1S/C12H26N2O/c1-9(2)14(10(3)11(4)15)8-12-6-5-7-13-12/h9-13,15H,5-8H2,1-4H3. The van der Waals surface area contributed by atoms with Gasteiger partial charge in [0.1, 0.15) is 0 Å². The topological polar surface area (TPSA) is 35.5 Å². The molecule has 3 unspecified atom stereocenters. The van der Waals surface area contributed by atoms with Gasteiger partial charge >= 0.3 is 0 Å². The third-order valence-electron chi connectivity index (χ3n) is 3.48. The molecule has 0 aromatic rings. The fourth-order valence-corrected chi connectivity index (χ4v) is 2.29. The quantitative estimate of drug-likeness (QED) is 0.722.